The first-order chi connectivity index (χ1) is 24.4. The van der Waals surface area contributed by atoms with Gasteiger partial charge >= 0.3 is 51.4 Å². The van der Waals surface area contributed by atoms with Crippen molar-refractivity contribution in [2.75, 3.05) is 79.3 Å². The third-order valence-electron chi connectivity index (χ3n) is 7.81. The van der Waals surface area contributed by atoms with E-state index in [1.165, 1.54) is 33.6 Å². The Labute approximate surface area is 386 Å². The van der Waals surface area contributed by atoms with E-state index in [0.29, 0.717) is 103 Å². The smallest absolute Gasteiger partial charge is 0.687 e. The van der Waals surface area contributed by atoms with Crippen molar-refractivity contribution in [1.29, 1.82) is 0 Å². The van der Waals surface area contributed by atoms with Crippen LogP contribution in [0.1, 0.15) is 101 Å². The van der Waals surface area contributed by atoms with Crippen LogP contribution in [-0.4, -0.2) is 95.8 Å². The second-order valence-electron chi connectivity index (χ2n) is 16.4. The van der Waals surface area contributed by atoms with E-state index in [2.05, 4.69) is 131 Å². The molecule has 1 heterocycles. The van der Waals surface area contributed by atoms with E-state index in [0.717, 1.165) is 0 Å². The van der Waals surface area contributed by atoms with Crippen molar-refractivity contribution in [3.8, 4) is 0 Å². The molecule has 2 aromatic rings. The largest absolute Gasteiger partial charge is 1.00 e. The molecule has 0 saturated carbocycles. The number of hydrogen-bond donors (Lipinski definition) is 0. The Morgan fingerprint density at radius 3 is 0.685 bits per heavy atom. The average molecular weight is 859 g/mol. The van der Waals surface area contributed by atoms with Gasteiger partial charge < -0.3 is 38.4 Å². The summed E-state index contributed by atoms with van der Waals surface area (Å²) in [5.74, 6) is 2.18. The van der Waals surface area contributed by atoms with Gasteiger partial charge in [-0.2, -0.15) is 0 Å². The summed E-state index contributed by atoms with van der Waals surface area (Å²) in [6.45, 7) is 38.9. The Morgan fingerprint density at radius 2 is 0.556 bits per heavy atom. The van der Waals surface area contributed by atoms with Crippen molar-refractivity contribution < 1.29 is 96.6 Å². The van der Waals surface area contributed by atoms with Gasteiger partial charge in [0.15, 0.2) is 0 Å². The van der Waals surface area contributed by atoms with Gasteiger partial charge in [-0.1, -0.05) is 153 Å². The summed E-state index contributed by atoms with van der Waals surface area (Å²) < 4.78 is 32.0. The van der Waals surface area contributed by atoms with Crippen LogP contribution in [0, 0.1) is 0 Å². The zero-order valence-electron chi connectivity index (χ0n) is 36.9. The van der Waals surface area contributed by atoms with Crippen LogP contribution in [0.2, 0.25) is 39.3 Å². The van der Waals surface area contributed by atoms with Crippen LogP contribution >= 0.6 is 0 Å². The molecule has 0 amide bonds. The van der Waals surface area contributed by atoms with Crippen LogP contribution in [0.3, 0.4) is 0 Å². The second-order valence-corrected chi connectivity index (χ2v) is 25.6. The maximum Gasteiger partial charge on any atom is 1.00 e. The molecule has 0 bridgehead atoms. The van der Waals surface area contributed by atoms with E-state index in [1.54, 1.807) is 0 Å². The fourth-order valence-corrected chi connectivity index (χ4v) is 7.13. The third-order valence-corrected chi connectivity index (χ3v) is 9.60. The summed E-state index contributed by atoms with van der Waals surface area (Å²) in [5.41, 5.74) is 8.16. The van der Waals surface area contributed by atoms with Gasteiger partial charge in [0.25, 0.3) is 0 Å². The van der Waals surface area contributed by atoms with Gasteiger partial charge in [-0.15, -0.1) is 11.4 Å². The van der Waals surface area contributed by atoms with Crippen LogP contribution in [0.5, 0.6) is 0 Å². The van der Waals surface area contributed by atoms with Gasteiger partial charge in [-0.25, -0.2) is 0 Å². The zero-order chi connectivity index (χ0) is 39.2. The SMILES string of the molecule is C1COCCOCCOCCOCCOCCO1.CC(C)c1cccc(C(C)C)c1[N-][Si](C)(C)C.CC(C)c1cccc(C(C)C)c1[N-][Si](C)(C)C.[Co].[K+]. The molecule has 1 aliphatic rings. The van der Waals surface area contributed by atoms with Gasteiger partial charge in [-0.05, 0) is 40.1 Å². The predicted molar refractivity (Wildman–Crippen MR) is 227 cm³/mol. The van der Waals surface area contributed by atoms with E-state index < -0.39 is 16.5 Å². The van der Waals surface area contributed by atoms with Crippen LogP contribution in [-0.2, 0) is 45.2 Å². The van der Waals surface area contributed by atoms with Crippen LogP contribution < -0.4 is 51.4 Å². The van der Waals surface area contributed by atoms with Crippen molar-refractivity contribution in [2.24, 2.45) is 0 Å². The molecule has 8 nitrogen and oxygen atoms in total. The molecule has 1 radical (unpaired) electrons. The Kier molecular flexibility index (Phi) is 32.8. The fraction of sp³-hybridized carbons (Fsp3) is 0.714. The van der Waals surface area contributed by atoms with Gasteiger partial charge in [0.1, 0.15) is 0 Å². The summed E-state index contributed by atoms with van der Waals surface area (Å²) in [7, 11) is -2.86. The molecule has 54 heavy (non-hydrogen) atoms. The zero-order valence-corrected chi connectivity index (χ0v) is 43.1. The first-order valence-corrected chi connectivity index (χ1v) is 26.5. The molecule has 2 aromatic carbocycles. The monoisotopic (exact) mass is 858 g/mol. The molecule has 3 rings (SSSR count). The number of nitrogens with zero attached hydrogens (tertiary/aromatic N) is 2. The fourth-order valence-electron chi connectivity index (χ4n) is 5.27. The third kappa shape index (κ3) is 26.4. The van der Waals surface area contributed by atoms with E-state index in [9.17, 15) is 0 Å². The second kappa shape index (κ2) is 31.3. The van der Waals surface area contributed by atoms with Gasteiger partial charge in [-0.3, -0.25) is 0 Å². The molecular formula is C42H76CoKN2O6Si2-. The van der Waals surface area contributed by atoms with Gasteiger partial charge in [0, 0.05) is 16.8 Å². The Morgan fingerprint density at radius 1 is 0.389 bits per heavy atom. The molecule has 0 aliphatic carbocycles. The summed E-state index contributed by atoms with van der Waals surface area (Å²) in [5, 5.41) is 0. The first kappa shape index (κ1) is 56.5. The van der Waals surface area contributed by atoms with Gasteiger partial charge in [0.2, 0.25) is 0 Å². The van der Waals surface area contributed by atoms with Crippen molar-refractivity contribution >= 4 is 27.8 Å². The van der Waals surface area contributed by atoms with E-state index in [-0.39, 0.29) is 68.2 Å². The quantitative estimate of drug-likeness (QED) is 0.248. The molecule has 0 aromatic heterocycles. The Bertz CT molecular complexity index is 1020. The topological polar surface area (TPSA) is 83.6 Å². The minimum atomic E-state index is -1.43. The molecule has 0 unspecified atom stereocenters. The van der Waals surface area contributed by atoms with Crippen molar-refractivity contribution in [3.05, 3.63) is 68.6 Å². The average Bonchev–Trinajstić information content (AvgIpc) is 3.03. The summed E-state index contributed by atoms with van der Waals surface area (Å²) in [4.78, 5) is 10.1. The van der Waals surface area contributed by atoms with E-state index >= 15 is 0 Å². The molecule has 1 saturated heterocycles. The van der Waals surface area contributed by atoms with Crippen LogP contribution in [0.25, 0.3) is 9.96 Å². The molecular weight excluding hydrogens is 783 g/mol. The minimum absolute atomic E-state index is 0. The number of benzene rings is 2. The Hall–Kier alpha value is 0.377. The molecule has 12 heteroatoms. The van der Waals surface area contributed by atoms with E-state index in [1.807, 2.05) is 0 Å². The van der Waals surface area contributed by atoms with Crippen molar-refractivity contribution in [3.63, 3.8) is 0 Å². The van der Waals surface area contributed by atoms with Gasteiger partial charge in [0.05, 0.1) is 79.3 Å². The maximum absolute atomic E-state index is 5.33. The standard InChI is InChI=1S/2C15H26NSi.C12H24O6.Co.K/c2*1-11(2)13-9-8-10-14(12(3)4)15(13)16-17(5,6)7;1-2-14-5-6-16-9-10-18-12-11-17-8-7-15-4-3-13-1;;/h2*8-12H,1-7H3;1-12H2;;/q2*-1;;;+1. The molecule has 0 N–H and O–H groups in total. The molecule has 0 atom stereocenters. The predicted octanol–water partition coefficient (Wildman–Crippen LogP) is 8.65. The van der Waals surface area contributed by atoms with Crippen LogP contribution in [0.4, 0.5) is 11.4 Å². The summed E-state index contributed by atoms with van der Waals surface area (Å²) >= 11 is 0. The number of hydrogen-bond acceptors (Lipinski definition) is 6. The van der Waals surface area contributed by atoms with Crippen molar-refractivity contribution in [1.82, 2.24) is 0 Å². The summed E-state index contributed by atoms with van der Waals surface area (Å²) in [6, 6.07) is 13.3. The number of rotatable bonds is 8. The van der Waals surface area contributed by atoms with Crippen molar-refractivity contribution in [2.45, 2.75) is 118 Å². The number of ether oxygens (including phenoxy) is 6. The normalized spacial score (nSPS) is 15.7. The molecule has 1 fully saturated rings. The Balaban J connectivity index is 0. The van der Waals surface area contributed by atoms with Crippen LogP contribution in [0.15, 0.2) is 36.4 Å². The van der Waals surface area contributed by atoms with E-state index in [4.69, 9.17) is 38.4 Å². The maximum atomic E-state index is 5.33. The first-order valence-electron chi connectivity index (χ1n) is 19.6. The molecule has 0 spiro atoms. The minimum Gasteiger partial charge on any atom is -0.687 e. The molecule has 1 aliphatic heterocycles. The summed E-state index contributed by atoms with van der Waals surface area (Å²) in [6.07, 6.45) is 0. The molecule has 309 valence electrons.